The molecule has 1 N–H and O–H groups in total. The number of nitrogens with zero attached hydrogens (tertiary/aromatic N) is 1. The molecule has 0 aliphatic carbocycles. The number of aliphatic carboxylic acids is 1. The largest absolute Gasteiger partial charge is 0.480 e. The zero-order chi connectivity index (χ0) is 8.59. The van der Waals surface area contributed by atoms with Gasteiger partial charge >= 0.3 is 17.1 Å². The van der Waals surface area contributed by atoms with Gasteiger partial charge in [0, 0.05) is 5.75 Å². The molecule has 0 fully saturated rings. The highest BCUT2D eigenvalue weighted by molar-refractivity contribution is 7.80. The average molecular weight is 175 g/mol. The Morgan fingerprint density at radius 3 is 2.09 bits per heavy atom. The van der Waals surface area contributed by atoms with Crippen LogP contribution in [0.3, 0.4) is 0 Å². The highest BCUT2D eigenvalue weighted by Crippen LogP contribution is 2.03. The lowest BCUT2D eigenvalue weighted by Gasteiger charge is -2.01. The summed E-state index contributed by atoms with van der Waals surface area (Å²) in [7, 11) is 0. The summed E-state index contributed by atoms with van der Waals surface area (Å²) in [5, 5.41) is 8.42. The van der Waals surface area contributed by atoms with Gasteiger partial charge in [-0.1, -0.05) is 0 Å². The second-order valence-electron chi connectivity index (χ2n) is 2.02. The fourth-order valence-electron chi connectivity index (χ4n) is 0.699. The predicted molar refractivity (Wildman–Crippen MR) is 39.9 cm³/mol. The van der Waals surface area contributed by atoms with Gasteiger partial charge in [0.15, 0.2) is 0 Å². The van der Waals surface area contributed by atoms with E-state index in [1.807, 2.05) is 0 Å². The minimum absolute atomic E-state index is 0.0488. The van der Waals surface area contributed by atoms with Gasteiger partial charge in [0.1, 0.15) is 6.04 Å². The fourth-order valence-corrected chi connectivity index (χ4v) is 1.02. The number of carboxylic acids is 1. The number of rotatable bonds is 3. The van der Waals surface area contributed by atoms with Gasteiger partial charge in [0.2, 0.25) is 0 Å². The first-order valence-corrected chi connectivity index (χ1v) is 3.44. The van der Waals surface area contributed by atoms with Crippen molar-refractivity contribution in [3.8, 4) is 0 Å². The summed E-state index contributed by atoms with van der Waals surface area (Å²) in [5.74, 6) is -1.26. The van der Waals surface area contributed by atoms with Crippen molar-refractivity contribution in [2.24, 2.45) is 0 Å². The van der Waals surface area contributed by atoms with Crippen LogP contribution in [-0.2, 0) is 4.79 Å². The van der Waals surface area contributed by atoms with E-state index in [2.05, 4.69) is 12.6 Å². The van der Waals surface area contributed by atoms with E-state index in [4.69, 9.17) is 5.11 Å². The van der Waals surface area contributed by atoms with Crippen molar-refractivity contribution < 1.29 is 9.90 Å². The zero-order valence-electron chi connectivity index (χ0n) is 5.35. The Labute approximate surface area is 66.4 Å². The van der Waals surface area contributed by atoms with Crippen molar-refractivity contribution in [3.05, 3.63) is 20.7 Å². The molecule has 0 saturated carbocycles. The molecule has 0 saturated heterocycles. The van der Waals surface area contributed by atoms with Gasteiger partial charge in [-0.25, -0.2) is 4.79 Å². The molecule has 0 bridgehead atoms. The number of aromatic nitrogens is 1. The average Bonchev–Trinajstić information content (AvgIpc) is 2.46. The molecule has 1 rings (SSSR count). The van der Waals surface area contributed by atoms with E-state index in [9.17, 15) is 14.4 Å². The smallest absolute Gasteiger partial charge is 0.327 e. The zero-order valence-corrected chi connectivity index (χ0v) is 6.25. The van der Waals surface area contributed by atoms with E-state index >= 15 is 0 Å². The van der Waals surface area contributed by atoms with Gasteiger partial charge in [0.25, 0.3) is 0 Å². The van der Waals surface area contributed by atoms with Gasteiger partial charge in [-0.05, 0) is 0 Å². The lowest BCUT2D eigenvalue weighted by atomic mass is 10.4. The third-order valence-electron chi connectivity index (χ3n) is 1.34. The first-order valence-electron chi connectivity index (χ1n) is 2.80. The Balaban J connectivity index is 2.91. The standard InChI is InChI=1S/C5H5NO4S/c7-3-4(8)6(3)2(1-11)5(9)10/h2,11H,1H2,(H,9,10)/t2-/m1/s1. The number of carboxylic acid groups (broad SMARTS) is 1. The molecule has 1 atom stereocenters. The Hall–Kier alpha value is -1.04. The van der Waals surface area contributed by atoms with Gasteiger partial charge in [-0.2, -0.15) is 12.6 Å². The maximum atomic E-state index is 10.4. The molecule has 0 aliphatic rings. The second kappa shape index (κ2) is 2.54. The lowest BCUT2D eigenvalue weighted by molar-refractivity contribution is -0.139. The van der Waals surface area contributed by atoms with Crippen molar-refractivity contribution >= 4 is 18.6 Å². The first kappa shape index (κ1) is 8.06. The van der Waals surface area contributed by atoms with Crippen molar-refractivity contribution in [2.45, 2.75) is 6.04 Å². The summed E-state index contributed by atoms with van der Waals surface area (Å²) in [6.45, 7) is 0. The third-order valence-corrected chi connectivity index (χ3v) is 1.69. The van der Waals surface area contributed by atoms with Gasteiger partial charge in [-0.15, -0.1) is 0 Å². The molecule has 1 aromatic rings. The summed E-state index contributed by atoms with van der Waals surface area (Å²) in [6, 6.07) is -1.10. The number of hydrogen-bond acceptors (Lipinski definition) is 4. The molecule has 0 spiro atoms. The van der Waals surface area contributed by atoms with Crippen LogP contribution >= 0.6 is 12.6 Å². The Bertz CT molecular complexity index is 323. The van der Waals surface area contributed by atoms with E-state index in [0.717, 1.165) is 0 Å². The van der Waals surface area contributed by atoms with Gasteiger partial charge in [0.05, 0.1) is 0 Å². The molecule has 0 aliphatic heterocycles. The third kappa shape index (κ3) is 1.21. The van der Waals surface area contributed by atoms with Crippen LogP contribution in [0.25, 0.3) is 0 Å². The summed E-state index contributed by atoms with van der Waals surface area (Å²) < 4.78 is 0.676. The SMILES string of the molecule is O=C(O)[C@@H](CS)n1c(=O)c1=O. The molecular formula is C5H5NO4S. The predicted octanol–water partition coefficient (Wildman–Crippen LogP) is -1.36. The summed E-state index contributed by atoms with van der Waals surface area (Å²) in [5.41, 5.74) is -1.49. The van der Waals surface area contributed by atoms with Crippen LogP contribution < -0.4 is 11.1 Å². The molecule has 0 unspecified atom stereocenters. The Morgan fingerprint density at radius 2 is 2.00 bits per heavy atom. The van der Waals surface area contributed by atoms with E-state index in [-0.39, 0.29) is 5.75 Å². The molecule has 0 amide bonds. The molecule has 1 aromatic heterocycles. The van der Waals surface area contributed by atoms with Crippen LogP contribution in [-0.4, -0.2) is 21.4 Å². The van der Waals surface area contributed by atoms with E-state index in [1.165, 1.54) is 0 Å². The van der Waals surface area contributed by atoms with Crippen LogP contribution in [0.15, 0.2) is 9.59 Å². The topological polar surface area (TPSA) is 76.4 Å². The highest BCUT2D eigenvalue weighted by atomic mass is 32.1. The lowest BCUT2D eigenvalue weighted by Crippen LogP contribution is -2.19. The molecule has 5 nitrogen and oxygen atoms in total. The van der Waals surface area contributed by atoms with Crippen LogP contribution in [0.4, 0.5) is 0 Å². The molecule has 60 valence electrons. The van der Waals surface area contributed by atoms with Gasteiger partial charge < -0.3 is 5.11 Å². The normalized spacial score (nSPS) is 13.5. The quantitative estimate of drug-likeness (QED) is 0.439. The van der Waals surface area contributed by atoms with Crippen molar-refractivity contribution in [3.63, 3.8) is 0 Å². The molecule has 0 radical (unpaired) electrons. The maximum absolute atomic E-state index is 10.4. The summed E-state index contributed by atoms with van der Waals surface area (Å²) in [6.07, 6.45) is 0. The number of hydrogen-bond donors (Lipinski definition) is 2. The van der Waals surface area contributed by atoms with Crippen LogP contribution in [0.2, 0.25) is 0 Å². The fraction of sp³-hybridized carbons (Fsp3) is 0.400. The van der Waals surface area contributed by atoms with Crippen molar-refractivity contribution in [2.75, 3.05) is 5.75 Å². The van der Waals surface area contributed by atoms with Gasteiger partial charge in [-0.3, -0.25) is 14.2 Å². The van der Waals surface area contributed by atoms with Crippen molar-refractivity contribution in [1.82, 2.24) is 4.57 Å². The minimum atomic E-state index is -1.21. The van der Waals surface area contributed by atoms with Crippen molar-refractivity contribution in [1.29, 1.82) is 0 Å². The van der Waals surface area contributed by atoms with E-state index < -0.39 is 23.1 Å². The summed E-state index contributed by atoms with van der Waals surface area (Å²) >= 11 is 3.69. The maximum Gasteiger partial charge on any atom is 0.327 e. The molecule has 1 heterocycles. The molecule has 11 heavy (non-hydrogen) atoms. The summed E-state index contributed by atoms with van der Waals surface area (Å²) in [4.78, 5) is 31.1. The van der Waals surface area contributed by atoms with Crippen LogP contribution in [0.5, 0.6) is 0 Å². The molecule has 6 heteroatoms. The monoisotopic (exact) mass is 175 g/mol. The number of carbonyl (C=O) groups is 1. The Morgan fingerprint density at radius 1 is 1.55 bits per heavy atom. The van der Waals surface area contributed by atoms with E-state index in [1.54, 1.807) is 0 Å². The first-order chi connectivity index (χ1) is 5.09. The van der Waals surface area contributed by atoms with Crippen LogP contribution in [0, 0.1) is 0 Å². The van der Waals surface area contributed by atoms with Crippen LogP contribution in [0.1, 0.15) is 6.04 Å². The minimum Gasteiger partial charge on any atom is -0.480 e. The highest BCUT2D eigenvalue weighted by Gasteiger charge is 2.29. The Kier molecular flexibility index (Phi) is 1.86. The second-order valence-corrected chi connectivity index (χ2v) is 2.38. The molecule has 0 aromatic carbocycles. The molecular weight excluding hydrogens is 170 g/mol. The van der Waals surface area contributed by atoms with E-state index in [0.29, 0.717) is 4.57 Å². The number of thiol groups is 1.